The summed E-state index contributed by atoms with van der Waals surface area (Å²) < 4.78 is 0. The third-order valence-electron chi connectivity index (χ3n) is 9.43. The second-order valence-corrected chi connectivity index (χ2v) is 11.9. The van der Waals surface area contributed by atoms with E-state index in [-0.39, 0.29) is 11.7 Å². The fourth-order valence-corrected chi connectivity index (χ4v) is 7.18. The van der Waals surface area contributed by atoms with Gasteiger partial charge in [-0.3, -0.25) is 14.6 Å². The summed E-state index contributed by atoms with van der Waals surface area (Å²) in [5.41, 5.74) is 2.55. The highest BCUT2D eigenvalue weighted by molar-refractivity contribution is 6.07. The van der Waals surface area contributed by atoms with Crippen LogP contribution in [0.2, 0.25) is 0 Å². The number of amides is 1. The van der Waals surface area contributed by atoms with E-state index in [1.54, 1.807) is 6.20 Å². The van der Waals surface area contributed by atoms with Crippen molar-refractivity contribution in [2.24, 2.45) is 23.7 Å². The number of likely N-dealkylation sites (tertiary alicyclic amines) is 2. The van der Waals surface area contributed by atoms with Crippen molar-refractivity contribution in [2.45, 2.75) is 44.9 Å². The summed E-state index contributed by atoms with van der Waals surface area (Å²) in [6.45, 7) is 5.30. The summed E-state index contributed by atoms with van der Waals surface area (Å²) in [6.07, 6.45) is 9.75. The monoisotopic (exact) mass is 509 g/mol. The van der Waals surface area contributed by atoms with Gasteiger partial charge >= 0.3 is 0 Å². The normalized spacial score (nSPS) is 25.8. The lowest BCUT2D eigenvalue weighted by Gasteiger charge is -2.36. The minimum atomic E-state index is 0.193. The Kier molecular flexibility index (Phi) is 7.55. The molecule has 3 fully saturated rings. The molecule has 3 heterocycles. The number of aromatic nitrogens is 1. The Morgan fingerprint density at radius 2 is 1.58 bits per heavy atom. The van der Waals surface area contributed by atoms with Crippen LogP contribution in [0.15, 0.2) is 66.9 Å². The summed E-state index contributed by atoms with van der Waals surface area (Å²) >= 11 is 0. The number of carbonyl (C=O) groups is 2. The van der Waals surface area contributed by atoms with Crippen LogP contribution in [0.25, 0.3) is 10.9 Å². The number of benzene rings is 2. The average molecular weight is 510 g/mol. The van der Waals surface area contributed by atoms with Crippen LogP contribution in [0.5, 0.6) is 0 Å². The molecule has 0 radical (unpaired) electrons. The van der Waals surface area contributed by atoms with Gasteiger partial charge in [0, 0.05) is 48.8 Å². The van der Waals surface area contributed by atoms with E-state index in [2.05, 4.69) is 14.8 Å². The van der Waals surface area contributed by atoms with E-state index in [9.17, 15) is 9.59 Å². The van der Waals surface area contributed by atoms with Crippen molar-refractivity contribution in [3.8, 4) is 0 Å². The van der Waals surface area contributed by atoms with E-state index in [0.717, 1.165) is 54.1 Å². The van der Waals surface area contributed by atoms with Gasteiger partial charge in [0.1, 0.15) is 0 Å². The molecule has 2 aromatic carbocycles. The van der Waals surface area contributed by atoms with Gasteiger partial charge in [0.15, 0.2) is 5.78 Å². The molecule has 2 aliphatic heterocycles. The molecule has 0 unspecified atom stereocenters. The smallest absolute Gasteiger partial charge is 0.253 e. The number of rotatable bonds is 7. The molecule has 1 aliphatic carbocycles. The van der Waals surface area contributed by atoms with Crippen LogP contribution in [0.4, 0.5) is 0 Å². The molecule has 0 spiro atoms. The molecule has 5 heteroatoms. The van der Waals surface area contributed by atoms with E-state index in [1.165, 1.54) is 45.1 Å². The van der Waals surface area contributed by atoms with Crippen molar-refractivity contribution in [1.29, 1.82) is 0 Å². The number of hydrogen-bond acceptors (Lipinski definition) is 4. The maximum atomic E-state index is 13.1. The lowest BCUT2D eigenvalue weighted by Crippen LogP contribution is -2.41. The Balaban J connectivity index is 0.941. The largest absolute Gasteiger partial charge is 0.338 e. The average Bonchev–Trinajstić information content (AvgIpc) is 3.40. The van der Waals surface area contributed by atoms with Crippen molar-refractivity contribution in [3.63, 3.8) is 0 Å². The maximum Gasteiger partial charge on any atom is 0.253 e. The van der Waals surface area contributed by atoms with Crippen LogP contribution in [-0.2, 0) is 0 Å². The molecule has 198 valence electrons. The first-order chi connectivity index (χ1) is 18.6. The van der Waals surface area contributed by atoms with E-state index in [1.807, 2.05) is 60.7 Å². The van der Waals surface area contributed by atoms with Crippen LogP contribution in [-0.4, -0.2) is 59.2 Å². The van der Waals surface area contributed by atoms with E-state index >= 15 is 0 Å². The third-order valence-corrected chi connectivity index (χ3v) is 9.43. The molecule has 0 bridgehead atoms. The first-order valence-electron chi connectivity index (χ1n) is 14.6. The molecule has 2 atom stereocenters. The zero-order chi connectivity index (χ0) is 25.9. The zero-order valence-corrected chi connectivity index (χ0v) is 22.3. The van der Waals surface area contributed by atoms with Crippen molar-refractivity contribution >= 4 is 22.6 Å². The second-order valence-electron chi connectivity index (χ2n) is 11.9. The highest BCUT2D eigenvalue weighted by atomic mass is 16.2. The molecular weight excluding hydrogens is 470 g/mol. The number of Topliss-reactive ketones (excluding diaryl/α,β-unsaturated/α-hetero) is 1. The SMILES string of the molecule is O=C(CC1CCC(CCN2CC[C@H]3CN(C(=O)c4ccccc4)C[C@@H]3C2)CC1)c1cccc2ncccc12. The minimum Gasteiger partial charge on any atom is -0.338 e. The van der Waals surface area contributed by atoms with E-state index < -0.39 is 0 Å². The predicted molar refractivity (Wildman–Crippen MR) is 151 cm³/mol. The van der Waals surface area contributed by atoms with Gasteiger partial charge in [-0.05, 0) is 86.7 Å². The molecule has 6 rings (SSSR count). The summed E-state index contributed by atoms with van der Waals surface area (Å²) in [5.74, 6) is 3.02. The standard InChI is InChI=1S/C33H39N3O2/c37-32(30-8-4-10-31-29(30)9-5-17-34-31)20-25-13-11-24(12-14-25)15-18-35-19-16-27-22-36(23-28(27)21-35)33(38)26-6-2-1-3-7-26/h1-10,17,24-25,27-28H,11-16,18-23H2/t24?,25?,27-,28-/m0/s1. The Hall–Kier alpha value is -3.05. The number of nitrogens with zero attached hydrogens (tertiary/aromatic N) is 3. The Morgan fingerprint density at radius 3 is 2.42 bits per heavy atom. The molecule has 2 saturated heterocycles. The first-order valence-corrected chi connectivity index (χ1v) is 14.6. The number of fused-ring (bicyclic) bond motifs is 2. The lowest BCUT2D eigenvalue weighted by atomic mass is 9.78. The quantitative estimate of drug-likeness (QED) is 0.361. The van der Waals surface area contributed by atoms with Gasteiger partial charge in [-0.2, -0.15) is 0 Å². The molecule has 1 saturated carbocycles. The van der Waals surface area contributed by atoms with Gasteiger partial charge in [-0.25, -0.2) is 0 Å². The Morgan fingerprint density at radius 1 is 0.789 bits per heavy atom. The predicted octanol–water partition coefficient (Wildman–Crippen LogP) is 6.10. The Bertz CT molecular complexity index is 1260. The highest BCUT2D eigenvalue weighted by Gasteiger charge is 2.39. The van der Waals surface area contributed by atoms with Gasteiger partial charge in [0.05, 0.1) is 5.52 Å². The van der Waals surface area contributed by atoms with E-state index in [4.69, 9.17) is 0 Å². The van der Waals surface area contributed by atoms with Gasteiger partial charge in [-0.1, -0.05) is 49.2 Å². The van der Waals surface area contributed by atoms with Gasteiger partial charge in [0.2, 0.25) is 0 Å². The number of piperidine rings is 1. The van der Waals surface area contributed by atoms with Crippen LogP contribution < -0.4 is 0 Å². The molecule has 3 aromatic rings. The summed E-state index contributed by atoms with van der Waals surface area (Å²) in [4.78, 5) is 35.2. The van der Waals surface area contributed by atoms with Crippen molar-refractivity contribution in [1.82, 2.24) is 14.8 Å². The molecule has 0 N–H and O–H groups in total. The highest BCUT2D eigenvalue weighted by Crippen LogP contribution is 2.36. The zero-order valence-electron chi connectivity index (χ0n) is 22.3. The van der Waals surface area contributed by atoms with Crippen LogP contribution >= 0.6 is 0 Å². The summed E-state index contributed by atoms with van der Waals surface area (Å²) in [7, 11) is 0. The van der Waals surface area contributed by atoms with Crippen LogP contribution in [0.3, 0.4) is 0 Å². The van der Waals surface area contributed by atoms with Crippen molar-refractivity contribution in [3.05, 3.63) is 78.0 Å². The topological polar surface area (TPSA) is 53.5 Å². The fraction of sp³-hybridized carbons (Fsp3) is 0.485. The minimum absolute atomic E-state index is 0.193. The van der Waals surface area contributed by atoms with Gasteiger partial charge in [0.25, 0.3) is 5.91 Å². The van der Waals surface area contributed by atoms with Gasteiger partial charge < -0.3 is 9.80 Å². The van der Waals surface area contributed by atoms with Crippen molar-refractivity contribution < 1.29 is 9.59 Å². The Labute approximate surface area is 226 Å². The van der Waals surface area contributed by atoms with E-state index in [0.29, 0.717) is 24.2 Å². The molecular formula is C33H39N3O2. The second kappa shape index (κ2) is 11.4. The number of pyridine rings is 1. The molecule has 5 nitrogen and oxygen atoms in total. The van der Waals surface area contributed by atoms with Crippen LogP contribution in [0, 0.1) is 23.7 Å². The maximum absolute atomic E-state index is 13.1. The summed E-state index contributed by atoms with van der Waals surface area (Å²) in [5, 5.41) is 0.979. The third kappa shape index (κ3) is 5.54. The number of carbonyl (C=O) groups excluding carboxylic acids is 2. The molecule has 3 aliphatic rings. The number of hydrogen-bond donors (Lipinski definition) is 0. The molecule has 1 amide bonds. The summed E-state index contributed by atoms with van der Waals surface area (Å²) in [6, 6.07) is 19.6. The number of ketones is 1. The molecule has 38 heavy (non-hydrogen) atoms. The van der Waals surface area contributed by atoms with Crippen LogP contribution in [0.1, 0.15) is 65.7 Å². The first kappa shape index (κ1) is 25.2. The van der Waals surface area contributed by atoms with Gasteiger partial charge in [-0.15, -0.1) is 0 Å². The molecule has 1 aromatic heterocycles. The van der Waals surface area contributed by atoms with Crippen molar-refractivity contribution in [2.75, 3.05) is 32.7 Å². The fourth-order valence-electron chi connectivity index (χ4n) is 7.18. The lowest BCUT2D eigenvalue weighted by molar-refractivity contribution is 0.0783.